The lowest BCUT2D eigenvalue weighted by Crippen LogP contribution is -2.03. The van der Waals surface area contributed by atoms with Crippen molar-refractivity contribution in [3.8, 4) is 18.2 Å². The van der Waals surface area contributed by atoms with Crippen LogP contribution in [0.3, 0.4) is 0 Å². The first-order chi connectivity index (χ1) is 8.62. The van der Waals surface area contributed by atoms with Gasteiger partial charge in [0.2, 0.25) is 0 Å². The largest absolute Gasteiger partial charge is 0.396 e. The molecule has 0 saturated heterocycles. The molecule has 1 aromatic rings. The summed E-state index contributed by atoms with van der Waals surface area (Å²) in [7, 11) is 0. The molecule has 1 rings (SSSR count). The molecule has 5 heteroatoms. The number of hydrogen-bond acceptors (Lipinski definition) is 4. The van der Waals surface area contributed by atoms with Crippen LogP contribution < -0.4 is 5.73 Å². The maximum Gasteiger partial charge on any atom is 0.153 e. The zero-order valence-corrected chi connectivity index (χ0v) is 9.94. The van der Waals surface area contributed by atoms with E-state index in [4.69, 9.17) is 33.1 Å². The lowest BCUT2D eigenvalue weighted by atomic mass is 10.1. The number of nitriles is 3. The molecule has 0 aliphatic carbocycles. The fourth-order valence-corrected chi connectivity index (χ4v) is 1.30. The number of hydrogen-bond donors (Lipinski definition) is 1. The van der Waals surface area contributed by atoms with Crippen LogP contribution in [0.25, 0.3) is 6.08 Å². The second-order valence-corrected chi connectivity index (χ2v) is 3.67. The molecular weight excluding hydrogens is 248 g/mol. The van der Waals surface area contributed by atoms with Gasteiger partial charge >= 0.3 is 0 Å². The molecule has 0 spiro atoms. The van der Waals surface area contributed by atoms with Crippen LogP contribution >= 0.6 is 11.6 Å². The monoisotopic (exact) mass is 254 g/mol. The summed E-state index contributed by atoms with van der Waals surface area (Å²) in [6.07, 6.45) is 1.49. The number of nitrogens with zero attached hydrogens (tertiary/aromatic N) is 3. The highest BCUT2D eigenvalue weighted by Gasteiger charge is 2.07. The average molecular weight is 255 g/mol. The summed E-state index contributed by atoms with van der Waals surface area (Å²) in [4.78, 5) is 0. The van der Waals surface area contributed by atoms with E-state index in [-0.39, 0.29) is 16.8 Å². The van der Waals surface area contributed by atoms with Crippen LogP contribution in [0.2, 0.25) is 5.02 Å². The van der Waals surface area contributed by atoms with Gasteiger partial charge in [-0.1, -0.05) is 23.7 Å². The van der Waals surface area contributed by atoms with Crippen molar-refractivity contribution in [2.24, 2.45) is 5.73 Å². The Labute approximate surface area is 109 Å². The summed E-state index contributed by atoms with van der Waals surface area (Å²) >= 11 is 5.73. The Kier molecular flexibility index (Phi) is 4.52. The Bertz CT molecular complexity index is 618. The Balaban J connectivity index is 3.26. The minimum atomic E-state index is -0.281. The van der Waals surface area contributed by atoms with Crippen LogP contribution in [0.5, 0.6) is 0 Å². The topological polar surface area (TPSA) is 97.4 Å². The van der Waals surface area contributed by atoms with E-state index in [0.717, 1.165) is 0 Å². The van der Waals surface area contributed by atoms with E-state index in [9.17, 15) is 0 Å². The van der Waals surface area contributed by atoms with Crippen LogP contribution in [0, 0.1) is 34.0 Å². The van der Waals surface area contributed by atoms with E-state index in [1.807, 2.05) is 6.07 Å². The molecule has 0 atom stereocenters. The highest BCUT2D eigenvalue weighted by Crippen LogP contribution is 2.15. The van der Waals surface area contributed by atoms with Crippen LogP contribution in [-0.2, 0) is 0 Å². The summed E-state index contributed by atoms with van der Waals surface area (Å²) < 4.78 is 0. The SMILES string of the molecule is N#CC(C#N)=C(N)/C(C#N)=C\c1ccc(Cl)cc1. The summed E-state index contributed by atoms with van der Waals surface area (Å²) in [5.74, 6) is 0. The first-order valence-corrected chi connectivity index (χ1v) is 5.18. The summed E-state index contributed by atoms with van der Waals surface area (Å²) in [6.45, 7) is 0. The van der Waals surface area contributed by atoms with E-state index in [2.05, 4.69) is 0 Å². The molecule has 0 radical (unpaired) electrons. The van der Waals surface area contributed by atoms with Crippen LogP contribution in [0.15, 0.2) is 41.1 Å². The third kappa shape index (κ3) is 3.12. The van der Waals surface area contributed by atoms with Crippen LogP contribution in [0.4, 0.5) is 0 Å². The maximum atomic E-state index is 8.97. The van der Waals surface area contributed by atoms with Crippen molar-refractivity contribution in [2.45, 2.75) is 0 Å². The number of nitrogens with two attached hydrogens (primary N) is 1. The third-order valence-electron chi connectivity index (χ3n) is 2.08. The lowest BCUT2D eigenvalue weighted by Gasteiger charge is -1.99. The highest BCUT2D eigenvalue weighted by molar-refractivity contribution is 6.30. The molecule has 2 N–H and O–H groups in total. The molecule has 4 nitrogen and oxygen atoms in total. The first-order valence-electron chi connectivity index (χ1n) is 4.80. The smallest absolute Gasteiger partial charge is 0.153 e. The summed E-state index contributed by atoms with van der Waals surface area (Å²) in [5.41, 5.74) is 5.95. The quantitative estimate of drug-likeness (QED) is 0.647. The molecule has 0 heterocycles. The van der Waals surface area contributed by atoms with Crippen molar-refractivity contribution in [2.75, 3.05) is 0 Å². The normalized spacial score (nSPS) is 9.78. The van der Waals surface area contributed by atoms with Gasteiger partial charge in [0.25, 0.3) is 0 Å². The minimum Gasteiger partial charge on any atom is -0.396 e. The number of allylic oxidation sites excluding steroid dienone is 2. The van der Waals surface area contributed by atoms with Gasteiger partial charge in [0.1, 0.15) is 18.2 Å². The molecule has 18 heavy (non-hydrogen) atoms. The van der Waals surface area contributed by atoms with Gasteiger partial charge < -0.3 is 5.73 Å². The van der Waals surface area contributed by atoms with Gasteiger partial charge in [0.05, 0.1) is 11.3 Å². The standard InChI is InChI=1S/C13H7ClN4/c14-12-3-1-9(2-4-12)5-10(6-15)13(18)11(7-16)8-17/h1-5H,18H2/b10-5-. The third-order valence-corrected chi connectivity index (χ3v) is 2.34. The zero-order valence-electron chi connectivity index (χ0n) is 9.18. The molecule has 0 fully saturated rings. The van der Waals surface area contributed by atoms with E-state index < -0.39 is 0 Å². The van der Waals surface area contributed by atoms with Crippen molar-refractivity contribution in [3.63, 3.8) is 0 Å². The lowest BCUT2D eigenvalue weighted by molar-refractivity contribution is 1.31. The first kappa shape index (κ1) is 13.3. The molecule has 0 aromatic heterocycles. The molecule has 0 saturated carbocycles. The van der Waals surface area contributed by atoms with Gasteiger partial charge in [-0.3, -0.25) is 0 Å². The van der Waals surface area contributed by atoms with E-state index in [1.165, 1.54) is 6.08 Å². The fourth-order valence-electron chi connectivity index (χ4n) is 1.18. The van der Waals surface area contributed by atoms with Crippen molar-refractivity contribution >= 4 is 17.7 Å². The molecule has 0 aliphatic rings. The van der Waals surface area contributed by atoms with Gasteiger partial charge in [0, 0.05) is 5.02 Å². The minimum absolute atomic E-state index is 0.0652. The second kappa shape index (κ2) is 6.11. The number of benzene rings is 1. The molecule has 0 amide bonds. The van der Waals surface area contributed by atoms with E-state index >= 15 is 0 Å². The Hall–Kier alpha value is -2.74. The van der Waals surface area contributed by atoms with E-state index in [0.29, 0.717) is 10.6 Å². The maximum absolute atomic E-state index is 8.97. The Morgan fingerprint density at radius 1 is 1.06 bits per heavy atom. The molecule has 0 unspecified atom stereocenters. The number of halogens is 1. The average Bonchev–Trinajstić information content (AvgIpc) is 2.39. The predicted molar refractivity (Wildman–Crippen MR) is 67.5 cm³/mol. The molecule has 86 valence electrons. The molecule has 1 aromatic carbocycles. The van der Waals surface area contributed by atoms with Crippen molar-refractivity contribution in [1.29, 1.82) is 15.8 Å². The van der Waals surface area contributed by atoms with Crippen molar-refractivity contribution in [3.05, 3.63) is 51.7 Å². The second-order valence-electron chi connectivity index (χ2n) is 3.23. The summed E-state index contributed by atoms with van der Waals surface area (Å²) in [6, 6.07) is 11.9. The zero-order chi connectivity index (χ0) is 13.5. The van der Waals surface area contributed by atoms with Gasteiger partial charge in [-0.15, -0.1) is 0 Å². The van der Waals surface area contributed by atoms with Gasteiger partial charge in [-0.25, -0.2) is 0 Å². The van der Waals surface area contributed by atoms with Gasteiger partial charge in [-0.05, 0) is 23.8 Å². The highest BCUT2D eigenvalue weighted by atomic mass is 35.5. The molecular formula is C13H7ClN4. The van der Waals surface area contributed by atoms with Gasteiger partial charge in [-0.2, -0.15) is 15.8 Å². The van der Waals surface area contributed by atoms with Crippen molar-refractivity contribution in [1.82, 2.24) is 0 Å². The van der Waals surface area contributed by atoms with Crippen molar-refractivity contribution < 1.29 is 0 Å². The fraction of sp³-hybridized carbons (Fsp3) is 0. The van der Waals surface area contributed by atoms with Crippen LogP contribution in [0.1, 0.15) is 5.56 Å². The van der Waals surface area contributed by atoms with Crippen LogP contribution in [-0.4, -0.2) is 0 Å². The predicted octanol–water partition coefficient (Wildman–Crippen LogP) is 2.51. The Morgan fingerprint density at radius 3 is 2.06 bits per heavy atom. The van der Waals surface area contributed by atoms with E-state index in [1.54, 1.807) is 36.4 Å². The number of rotatable bonds is 2. The summed E-state index contributed by atoms with van der Waals surface area (Å²) in [5, 5.41) is 26.9. The molecule has 0 aliphatic heterocycles. The Morgan fingerprint density at radius 2 is 1.61 bits per heavy atom. The van der Waals surface area contributed by atoms with Gasteiger partial charge in [0.15, 0.2) is 5.57 Å². The molecule has 0 bridgehead atoms.